The van der Waals surface area contributed by atoms with Crippen molar-refractivity contribution in [2.24, 2.45) is 11.1 Å². The molecule has 0 spiro atoms. The molecule has 0 aromatic heterocycles. The van der Waals surface area contributed by atoms with Gasteiger partial charge in [0.1, 0.15) is 6.07 Å². The highest BCUT2D eigenvalue weighted by atomic mass is 32.2. The number of nitriles is 1. The van der Waals surface area contributed by atoms with E-state index in [1.165, 1.54) is 44.2 Å². The van der Waals surface area contributed by atoms with Crippen LogP contribution in [0.3, 0.4) is 0 Å². The Balaban J connectivity index is 2.29. The van der Waals surface area contributed by atoms with Crippen molar-refractivity contribution in [1.82, 2.24) is 0 Å². The number of hydrogen-bond acceptors (Lipinski definition) is 4. The van der Waals surface area contributed by atoms with Crippen molar-refractivity contribution in [3.63, 3.8) is 0 Å². The number of nitrogens with zero attached hydrogens (tertiary/aromatic N) is 2. The Kier molecular flexibility index (Phi) is 6.03. The minimum absolute atomic E-state index is 0.00749. The van der Waals surface area contributed by atoms with E-state index >= 15 is 0 Å². The third-order valence-corrected chi connectivity index (χ3v) is 5.37. The van der Waals surface area contributed by atoms with Crippen LogP contribution in [0.4, 0.5) is 5.69 Å². The zero-order chi connectivity index (χ0) is 16.9. The van der Waals surface area contributed by atoms with Gasteiger partial charge in [0.25, 0.3) is 0 Å². The summed E-state index contributed by atoms with van der Waals surface area (Å²) in [5.41, 5.74) is 1.19. The van der Waals surface area contributed by atoms with Crippen LogP contribution in [0, 0.1) is 17.2 Å². The molecule has 0 heterocycles. The second-order valence-electron chi connectivity index (χ2n) is 6.29. The number of primary sulfonamides is 1. The van der Waals surface area contributed by atoms with E-state index in [0.717, 1.165) is 25.2 Å². The molecule has 6 heteroatoms. The van der Waals surface area contributed by atoms with Crippen molar-refractivity contribution >= 4 is 15.7 Å². The fraction of sp³-hybridized carbons (Fsp3) is 0.588. The Bertz CT molecular complexity index is 674. The summed E-state index contributed by atoms with van der Waals surface area (Å²) in [7, 11) is -3.79. The van der Waals surface area contributed by atoms with Gasteiger partial charge in [-0.1, -0.05) is 26.2 Å². The maximum atomic E-state index is 11.5. The van der Waals surface area contributed by atoms with E-state index in [9.17, 15) is 13.7 Å². The second-order valence-corrected chi connectivity index (χ2v) is 7.85. The van der Waals surface area contributed by atoms with Gasteiger partial charge >= 0.3 is 0 Å². The van der Waals surface area contributed by atoms with Gasteiger partial charge in [-0.25, -0.2) is 13.6 Å². The summed E-state index contributed by atoms with van der Waals surface area (Å²) < 4.78 is 23.0. The zero-order valence-electron chi connectivity index (χ0n) is 13.7. The average molecular weight is 335 g/mol. The van der Waals surface area contributed by atoms with Crippen molar-refractivity contribution < 1.29 is 8.42 Å². The Hall–Kier alpha value is -1.58. The lowest BCUT2D eigenvalue weighted by Gasteiger charge is -2.31. The van der Waals surface area contributed by atoms with E-state index in [4.69, 9.17) is 5.14 Å². The second kappa shape index (κ2) is 7.80. The molecule has 0 amide bonds. The monoisotopic (exact) mass is 335 g/mol. The van der Waals surface area contributed by atoms with Gasteiger partial charge in [0.15, 0.2) is 0 Å². The molecule has 0 aliphatic heterocycles. The minimum Gasteiger partial charge on any atom is -0.370 e. The largest absolute Gasteiger partial charge is 0.370 e. The summed E-state index contributed by atoms with van der Waals surface area (Å²) in [6.45, 7) is 3.90. The van der Waals surface area contributed by atoms with Crippen LogP contribution in [0.1, 0.15) is 51.0 Å². The van der Waals surface area contributed by atoms with E-state index in [1.54, 1.807) is 6.07 Å². The van der Waals surface area contributed by atoms with Crippen LogP contribution in [0.5, 0.6) is 0 Å². The van der Waals surface area contributed by atoms with E-state index in [1.807, 2.05) is 0 Å². The molecule has 126 valence electrons. The summed E-state index contributed by atoms with van der Waals surface area (Å²) in [5, 5.41) is 14.6. The molecule has 5 nitrogen and oxygen atoms in total. The molecule has 1 aromatic rings. The molecule has 2 N–H and O–H groups in total. The Labute approximate surface area is 139 Å². The van der Waals surface area contributed by atoms with Crippen LogP contribution in [-0.2, 0) is 10.0 Å². The van der Waals surface area contributed by atoms with Gasteiger partial charge in [0.2, 0.25) is 10.0 Å². The maximum absolute atomic E-state index is 11.5. The Morgan fingerprint density at radius 3 is 2.57 bits per heavy atom. The minimum atomic E-state index is -3.79. The maximum Gasteiger partial charge on any atom is 0.238 e. The first-order valence-electron chi connectivity index (χ1n) is 8.27. The molecule has 1 aromatic carbocycles. The van der Waals surface area contributed by atoms with Crippen LogP contribution in [0.25, 0.3) is 0 Å². The molecule has 0 radical (unpaired) electrons. The van der Waals surface area contributed by atoms with Gasteiger partial charge in [0.05, 0.1) is 16.1 Å². The number of benzene rings is 1. The standard InChI is InChI=1S/C17H25N3O2S/c1-2-10-20(13-14-6-4-3-5-7-14)17-9-8-16(23(19,21)22)11-15(17)12-18/h8-9,11,14H,2-7,10,13H2,1H3,(H2,19,21,22). The first-order chi connectivity index (χ1) is 11.0. The predicted octanol–water partition coefficient (Wildman–Crippen LogP) is 3.00. The van der Waals surface area contributed by atoms with Crippen LogP contribution in [0.2, 0.25) is 0 Å². The first kappa shape index (κ1) is 17.8. The summed E-state index contributed by atoms with van der Waals surface area (Å²) in [6, 6.07) is 6.72. The lowest BCUT2D eigenvalue weighted by atomic mass is 9.88. The molecule has 0 unspecified atom stereocenters. The van der Waals surface area contributed by atoms with Gasteiger partial charge in [-0.15, -0.1) is 0 Å². The summed E-state index contributed by atoms with van der Waals surface area (Å²) in [4.78, 5) is 2.22. The fourth-order valence-corrected chi connectivity index (χ4v) is 3.86. The lowest BCUT2D eigenvalue weighted by Crippen LogP contribution is -2.32. The van der Waals surface area contributed by atoms with Crippen molar-refractivity contribution in [3.05, 3.63) is 23.8 Å². The van der Waals surface area contributed by atoms with Crippen LogP contribution in [0.15, 0.2) is 23.1 Å². The van der Waals surface area contributed by atoms with E-state index < -0.39 is 10.0 Å². The van der Waals surface area contributed by atoms with Gasteiger partial charge in [-0.2, -0.15) is 5.26 Å². The molecular weight excluding hydrogens is 310 g/mol. The average Bonchev–Trinajstić information content (AvgIpc) is 2.54. The highest BCUT2D eigenvalue weighted by Gasteiger charge is 2.20. The third kappa shape index (κ3) is 4.69. The SMILES string of the molecule is CCCN(CC1CCCCC1)c1ccc(S(N)(=O)=O)cc1C#N. The molecule has 2 rings (SSSR count). The van der Waals surface area contributed by atoms with Crippen molar-refractivity contribution in [2.75, 3.05) is 18.0 Å². The summed E-state index contributed by atoms with van der Waals surface area (Å²) in [5.74, 6) is 0.653. The lowest BCUT2D eigenvalue weighted by molar-refractivity contribution is 0.358. The normalized spacial score (nSPS) is 16.0. The molecule has 0 saturated heterocycles. The summed E-state index contributed by atoms with van der Waals surface area (Å²) in [6.07, 6.45) is 7.32. The highest BCUT2D eigenvalue weighted by molar-refractivity contribution is 7.89. The van der Waals surface area contributed by atoms with Crippen LogP contribution < -0.4 is 10.0 Å². The van der Waals surface area contributed by atoms with Crippen molar-refractivity contribution in [1.29, 1.82) is 5.26 Å². The molecular formula is C17H25N3O2S. The highest BCUT2D eigenvalue weighted by Crippen LogP contribution is 2.29. The Morgan fingerprint density at radius 1 is 1.30 bits per heavy atom. The van der Waals surface area contributed by atoms with Crippen LogP contribution in [-0.4, -0.2) is 21.5 Å². The quantitative estimate of drug-likeness (QED) is 0.865. The molecule has 0 atom stereocenters. The third-order valence-electron chi connectivity index (χ3n) is 4.45. The van der Waals surface area contributed by atoms with E-state index in [0.29, 0.717) is 11.5 Å². The molecule has 1 fully saturated rings. The van der Waals surface area contributed by atoms with Gasteiger partial charge in [0, 0.05) is 13.1 Å². The topological polar surface area (TPSA) is 87.2 Å². The molecule has 23 heavy (non-hydrogen) atoms. The first-order valence-corrected chi connectivity index (χ1v) is 9.82. The number of nitrogens with two attached hydrogens (primary N) is 1. The molecule has 0 bridgehead atoms. The fourth-order valence-electron chi connectivity index (χ4n) is 3.32. The number of hydrogen-bond donors (Lipinski definition) is 1. The molecule has 1 aliphatic rings. The number of rotatable bonds is 6. The van der Waals surface area contributed by atoms with Gasteiger partial charge in [-0.3, -0.25) is 0 Å². The van der Waals surface area contributed by atoms with E-state index in [-0.39, 0.29) is 4.90 Å². The number of sulfonamides is 1. The Morgan fingerprint density at radius 2 is 2.00 bits per heavy atom. The zero-order valence-corrected chi connectivity index (χ0v) is 14.5. The smallest absolute Gasteiger partial charge is 0.238 e. The summed E-state index contributed by atoms with van der Waals surface area (Å²) >= 11 is 0. The molecule has 1 aliphatic carbocycles. The predicted molar refractivity (Wildman–Crippen MR) is 91.6 cm³/mol. The van der Waals surface area contributed by atoms with Gasteiger partial charge < -0.3 is 4.90 Å². The van der Waals surface area contributed by atoms with Gasteiger partial charge in [-0.05, 0) is 43.4 Å². The van der Waals surface area contributed by atoms with Crippen LogP contribution >= 0.6 is 0 Å². The number of anilines is 1. The molecule has 1 saturated carbocycles. The van der Waals surface area contributed by atoms with E-state index in [2.05, 4.69) is 17.9 Å². The van der Waals surface area contributed by atoms with Crippen molar-refractivity contribution in [2.45, 2.75) is 50.3 Å². The van der Waals surface area contributed by atoms with Crippen molar-refractivity contribution in [3.8, 4) is 6.07 Å².